The Morgan fingerprint density at radius 2 is 1.79 bits per heavy atom. The Labute approximate surface area is 175 Å². The van der Waals surface area contributed by atoms with Crippen LogP contribution >= 0.6 is 0 Å². The summed E-state index contributed by atoms with van der Waals surface area (Å²) in [5.74, 6) is 0.628. The van der Waals surface area contributed by atoms with Gasteiger partial charge in [0.1, 0.15) is 0 Å². The van der Waals surface area contributed by atoms with Gasteiger partial charge in [0.15, 0.2) is 0 Å². The van der Waals surface area contributed by atoms with Crippen LogP contribution in [0.2, 0.25) is 0 Å². The lowest BCUT2D eigenvalue weighted by Crippen LogP contribution is -2.37. The van der Waals surface area contributed by atoms with E-state index >= 15 is 0 Å². The highest BCUT2D eigenvalue weighted by Gasteiger charge is 2.22. The number of urea groups is 1. The Hall–Kier alpha value is -2.28. The van der Waals surface area contributed by atoms with E-state index in [1.165, 1.54) is 4.90 Å². The van der Waals surface area contributed by atoms with Gasteiger partial charge < -0.3 is 25.3 Å². The summed E-state index contributed by atoms with van der Waals surface area (Å²) in [5, 5.41) is 5.91. The van der Waals surface area contributed by atoms with E-state index in [1.807, 2.05) is 12.1 Å². The molecule has 2 rings (SSSR count). The number of piperidine rings is 1. The summed E-state index contributed by atoms with van der Waals surface area (Å²) >= 11 is 0. The van der Waals surface area contributed by atoms with E-state index in [4.69, 9.17) is 0 Å². The van der Waals surface area contributed by atoms with E-state index in [0.29, 0.717) is 17.8 Å². The quantitative estimate of drug-likeness (QED) is 0.700. The summed E-state index contributed by atoms with van der Waals surface area (Å²) in [6, 6.07) is 5.42. The predicted octanol–water partition coefficient (Wildman–Crippen LogP) is 3.09. The van der Waals surface area contributed by atoms with Gasteiger partial charge in [0.2, 0.25) is 0 Å². The second-order valence-electron chi connectivity index (χ2n) is 8.01. The highest BCUT2D eigenvalue weighted by molar-refractivity contribution is 6.02. The second-order valence-corrected chi connectivity index (χ2v) is 8.01. The standard InChI is InChI=1S/C22H37N5O2/c1-6-26(7-2)15-12-23-21(28)19-16-18(24-22(29)25(4)5)8-9-20(19)27-13-10-17(3)11-14-27/h8-9,16-17H,6-7,10-15H2,1-5H3,(H,23,28)(H,24,29). The van der Waals surface area contributed by atoms with Crippen molar-refractivity contribution in [3.05, 3.63) is 23.8 Å². The van der Waals surface area contributed by atoms with Gasteiger partial charge in [-0.15, -0.1) is 0 Å². The highest BCUT2D eigenvalue weighted by Crippen LogP contribution is 2.28. The number of benzene rings is 1. The van der Waals surface area contributed by atoms with Gasteiger partial charge in [0, 0.05) is 51.6 Å². The van der Waals surface area contributed by atoms with Gasteiger partial charge >= 0.3 is 6.03 Å². The lowest BCUT2D eigenvalue weighted by atomic mass is 9.98. The van der Waals surface area contributed by atoms with Gasteiger partial charge in [-0.1, -0.05) is 20.8 Å². The maximum Gasteiger partial charge on any atom is 0.321 e. The lowest BCUT2D eigenvalue weighted by Gasteiger charge is -2.33. The van der Waals surface area contributed by atoms with Crippen LogP contribution in [-0.2, 0) is 0 Å². The SMILES string of the molecule is CCN(CC)CCNC(=O)c1cc(NC(=O)N(C)C)ccc1N1CCC(C)CC1. The van der Waals surface area contributed by atoms with E-state index < -0.39 is 0 Å². The van der Waals surface area contributed by atoms with Crippen molar-refractivity contribution < 1.29 is 9.59 Å². The Morgan fingerprint density at radius 3 is 2.38 bits per heavy atom. The monoisotopic (exact) mass is 403 g/mol. The first-order valence-corrected chi connectivity index (χ1v) is 10.7. The molecule has 2 N–H and O–H groups in total. The molecule has 1 heterocycles. The van der Waals surface area contributed by atoms with Crippen LogP contribution in [0, 0.1) is 5.92 Å². The fourth-order valence-electron chi connectivity index (χ4n) is 3.52. The number of hydrogen-bond acceptors (Lipinski definition) is 4. The smallest absolute Gasteiger partial charge is 0.321 e. The van der Waals surface area contributed by atoms with Crippen molar-refractivity contribution in [3.8, 4) is 0 Å². The molecule has 0 radical (unpaired) electrons. The van der Waals surface area contributed by atoms with Crippen molar-refractivity contribution >= 4 is 23.3 Å². The largest absolute Gasteiger partial charge is 0.371 e. The first-order valence-electron chi connectivity index (χ1n) is 10.7. The van der Waals surface area contributed by atoms with E-state index in [0.717, 1.165) is 57.2 Å². The molecule has 1 aromatic rings. The number of rotatable bonds is 8. The average molecular weight is 404 g/mol. The number of amides is 3. The molecular formula is C22H37N5O2. The maximum atomic E-state index is 13.0. The summed E-state index contributed by atoms with van der Waals surface area (Å²) in [6.07, 6.45) is 2.25. The molecule has 1 aliphatic rings. The van der Waals surface area contributed by atoms with Crippen LogP contribution < -0.4 is 15.5 Å². The first-order chi connectivity index (χ1) is 13.8. The van der Waals surface area contributed by atoms with Crippen LogP contribution in [0.4, 0.5) is 16.2 Å². The molecule has 1 fully saturated rings. The maximum absolute atomic E-state index is 13.0. The number of carbonyl (C=O) groups excluding carboxylic acids is 2. The zero-order valence-electron chi connectivity index (χ0n) is 18.6. The van der Waals surface area contributed by atoms with E-state index in [9.17, 15) is 9.59 Å². The zero-order chi connectivity index (χ0) is 21.4. The molecule has 7 heteroatoms. The van der Waals surface area contributed by atoms with Gasteiger partial charge in [0.05, 0.1) is 5.56 Å². The fourth-order valence-corrected chi connectivity index (χ4v) is 3.52. The first kappa shape index (κ1) is 23.0. The predicted molar refractivity (Wildman–Crippen MR) is 120 cm³/mol. The second kappa shape index (κ2) is 11.0. The van der Waals surface area contributed by atoms with Gasteiger partial charge in [-0.25, -0.2) is 4.79 Å². The summed E-state index contributed by atoms with van der Waals surface area (Å²) in [6.45, 7) is 11.8. The minimum absolute atomic E-state index is 0.0910. The molecule has 162 valence electrons. The summed E-state index contributed by atoms with van der Waals surface area (Å²) in [7, 11) is 3.39. The molecule has 0 saturated carbocycles. The molecule has 1 saturated heterocycles. The summed E-state index contributed by atoms with van der Waals surface area (Å²) < 4.78 is 0. The van der Waals surface area contributed by atoms with Crippen LogP contribution in [0.25, 0.3) is 0 Å². The third kappa shape index (κ3) is 6.63. The molecule has 1 aliphatic heterocycles. The molecule has 29 heavy (non-hydrogen) atoms. The van der Waals surface area contributed by atoms with Crippen molar-refractivity contribution in [2.24, 2.45) is 5.92 Å². The van der Waals surface area contributed by atoms with Gasteiger partial charge in [-0.05, 0) is 50.0 Å². The summed E-state index contributed by atoms with van der Waals surface area (Å²) in [4.78, 5) is 31.1. The Kier molecular flexibility index (Phi) is 8.76. The normalized spacial score (nSPS) is 14.8. The van der Waals surface area contributed by atoms with Crippen LogP contribution in [0.3, 0.4) is 0 Å². The van der Waals surface area contributed by atoms with Crippen LogP contribution in [0.15, 0.2) is 18.2 Å². The molecular weight excluding hydrogens is 366 g/mol. The van der Waals surface area contributed by atoms with Crippen molar-refractivity contribution in [3.63, 3.8) is 0 Å². The minimum Gasteiger partial charge on any atom is -0.371 e. The number of likely N-dealkylation sites (N-methyl/N-ethyl adjacent to an activating group) is 1. The van der Waals surface area contributed by atoms with Crippen molar-refractivity contribution in [1.29, 1.82) is 0 Å². The van der Waals surface area contributed by atoms with Crippen LogP contribution in [-0.4, -0.2) is 75.1 Å². The van der Waals surface area contributed by atoms with Gasteiger partial charge in [-0.2, -0.15) is 0 Å². The molecule has 0 aromatic heterocycles. The average Bonchev–Trinajstić information content (AvgIpc) is 2.71. The van der Waals surface area contributed by atoms with E-state index in [-0.39, 0.29) is 11.9 Å². The Bertz CT molecular complexity index is 680. The number of carbonyl (C=O) groups is 2. The van der Waals surface area contributed by atoms with Gasteiger partial charge in [-0.3, -0.25) is 4.79 Å². The summed E-state index contributed by atoms with van der Waals surface area (Å²) in [5.41, 5.74) is 2.20. The molecule has 0 bridgehead atoms. The topological polar surface area (TPSA) is 67.9 Å². The number of nitrogens with one attached hydrogen (secondary N) is 2. The molecule has 0 spiro atoms. The Morgan fingerprint density at radius 1 is 1.14 bits per heavy atom. The van der Waals surface area contributed by atoms with Crippen LogP contribution in [0.1, 0.15) is 44.0 Å². The van der Waals surface area contributed by atoms with Gasteiger partial charge in [0.25, 0.3) is 5.91 Å². The van der Waals surface area contributed by atoms with Crippen LogP contribution in [0.5, 0.6) is 0 Å². The molecule has 0 atom stereocenters. The molecule has 7 nitrogen and oxygen atoms in total. The number of nitrogens with zero attached hydrogens (tertiary/aromatic N) is 3. The third-order valence-electron chi connectivity index (χ3n) is 5.63. The fraction of sp³-hybridized carbons (Fsp3) is 0.636. The number of anilines is 2. The third-order valence-corrected chi connectivity index (χ3v) is 5.63. The van der Waals surface area contributed by atoms with Crippen molar-refractivity contribution in [1.82, 2.24) is 15.1 Å². The molecule has 3 amide bonds. The number of hydrogen-bond donors (Lipinski definition) is 2. The van der Waals surface area contributed by atoms with Crippen molar-refractivity contribution in [2.45, 2.75) is 33.6 Å². The molecule has 0 unspecified atom stereocenters. The lowest BCUT2D eigenvalue weighted by molar-refractivity contribution is 0.0949. The zero-order valence-corrected chi connectivity index (χ0v) is 18.6. The Balaban J connectivity index is 2.19. The molecule has 0 aliphatic carbocycles. The van der Waals surface area contributed by atoms with E-state index in [1.54, 1.807) is 20.2 Å². The van der Waals surface area contributed by atoms with E-state index in [2.05, 4.69) is 41.2 Å². The van der Waals surface area contributed by atoms with Crippen molar-refractivity contribution in [2.75, 3.05) is 63.6 Å². The highest BCUT2D eigenvalue weighted by atomic mass is 16.2. The molecule has 1 aromatic carbocycles. The minimum atomic E-state index is -0.211.